The average Bonchev–Trinajstić information content (AvgIpc) is 2.60. The van der Waals surface area contributed by atoms with Crippen LogP contribution in [-0.4, -0.2) is 0 Å². The molecule has 0 heterocycles. The molecule has 1 aliphatic rings. The fourth-order valence-corrected chi connectivity index (χ4v) is 3.19. The van der Waals surface area contributed by atoms with Gasteiger partial charge in [-0.3, -0.25) is 0 Å². The van der Waals surface area contributed by atoms with E-state index in [0.717, 1.165) is 30.2 Å². The fourth-order valence-electron chi connectivity index (χ4n) is 2.78. The third-order valence-electron chi connectivity index (χ3n) is 3.83. The molecule has 0 radical (unpaired) electrons. The molecule has 0 amide bonds. The van der Waals surface area contributed by atoms with Gasteiger partial charge in [0, 0.05) is 4.47 Å². The van der Waals surface area contributed by atoms with E-state index in [1.54, 1.807) is 12.1 Å². The Hall–Kier alpha value is -0.880. The summed E-state index contributed by atoms with van der Waals surface area (Å²) >= 11 is 3.37. The molecular formula is C15H17BrFN. The molecule has 3 heteroatoms. The van der Waals surface area contributed by atoms with E-state index in [0.29, 0.717) is 12.0 Å². The molecule has 0 N–H and O–H groups in total. The summed E-state index contributed by atoms with van der Waals surface area (Å²) in [5.41, 5.74) is 0.297. The van der Waals surface area contributed by atoms with Crippen LogP contribution in [0.2, 0.25) is 0 Å². The Labute approximate surface area is 116 Å². The lowest BCUT2D eigenvalue weighted by molar-refractivity contribution is 0.334. The molecule has 0 spiro atoms. The minimum atomic E-state index is -0.363. The lowest BCUT2D eigenvalue weighted by atomic mass is 9.76. The molecule has 18 heavy (non-hydrogen) atoms. The van der Waals surface area contributed by atoms with Crippen LogP contribution in [0.3, 0.4) is 0 Å². The van der Waals surface area contributed by atoms with E-state index in [1.807, 2.05) is 0 Å². The summed E-state index contributed by atoms with van der Waals surface area (Å²) in [4.78, 5) is 0. The number of halogens is 2. The van der Waals surface area contributed by atoms with E-state index in [1.165, 1.54) is 18.9 Å². The number of benzene rings is 1. The van der Waals surface area contributed by atoms with Gasteiger partial charge in [0.25, 0.3) is 0 Å². The third-order valence-corrected chi connectivity index (χ3v) is 4.33. The number of hydrogen-bond donors (Lipinski definition) is 0. The normalized spacial score (nSPS) is 18.9. The maximum atomic E-state index is 13.8. The molecule has 96 valence electrons. The molecule has 2 rings (SSSR count). The molecule has 0 bridgehead atoms. The van der Waals surface area contributed by atoms with Gasteiger partial charge in [0.1, 0.15) is 5.82 Å². The molecule has 1 aliphatic carbocycles. The Kier molecular flexibility index (Phi) is 4.40. The Morgan fingerprint density at radius 3 is 2.50 bits per heavy atom. The van der Waals surface area contributed by atoms with Crippen LogP contribution in [0.1, 0.15) is 44.1 Å². The highest BCUT2D eigenvalue weighted by molar-refractivity contribution is 9.10. The van der Waals surface area contributed by atoms with Crippen LogP contribution in [0.15, 0.2) is 22.7 Å². The topological polar surface area (TPSA) is 23.8 Å². The number of hydrogen-bond acceptors (Lipinski definition) is 1. The van der Waals surface area contributed by atoms with Crippen molar-refractivity contribution in [2.75, 3.05) is 0 Å². The largest absolute Gasteiger partial charge is 0.207 e. The van der Waals surface area contributed by atoms with Gasteiger partial charge in [0.2, 0.25) is 0 Å². The van der Waals surface area contributed by atoms with Crippen molar-refractivity contribution < 1.29 is 4.39 Å². The highest BCUT2D eigenvalue weighted by Gasteiger charge is 2.32. The maximum absolute atomic E-state index is 13.8. The van der Waals surface area contributed by atoms with E-state index in [-0.39, 0.29) is 11.2 Å². The molecular weight excluding hydrogens is 293 g/mol. The molecule has 1 saturated carbocycles. The Bertz CT molecular complexity index is 456. The van der Waals surface area contributed by atoms with E-state index in [4.69, 9.17) is 0 Å². The van der Waals surface area contributed by atoms with Gasteiger partial charge in [-0.1, -0.05) is 41.6 Å². The lowest BCUT2D eigenvalue weighted by Gasteiger charge is -2.25. The monoisotopic (exact) mass is 309 g/mol. The van der Waals surface area contributed by atoms with Crippen LogP contribution < -0.4 is 0 Å². The van der Waals surface area contributed by atoms with Gasteiger partial charge in [-0.05, 0) is 43.0 Å². The predicted octanol–water partition coefficient (Wildman–Crippen LogP) is 4.99. The van der Waals surface area contributed by atoms with Gasteiger partial charge in [0.05, 0.1) is 11.5 Å². The first-order valence-electron chi connectivity index (χ1n) is 6.50. The van der Waals surface area contributed by atoms with Gasteiger partial charge < -0.3 is 0 Å². The second-order valence-electron chi connectivity index (χ2n) is 5.22. The van der Waals surface area contributed by atoms with Gasteiger partial charge in [-0.2, -0.15) is 5.26 Å². The van der Waals surface area contributed by atoms with Crippen molar-refractivity contribution in [2.45, 2.75) is 44.9 Å². The first-order chi connectivity index (χ1) is 8.65. The Morgan fingerprint density at radius 1 is 1.22 bits per heavy atom. The summed E-state index contributed by atoms with van der Waals surface area (Å²) in [6, 6.07) is 7.45. The van der Waals surface area contributed by atoms with Crippen molar-refractivity contribution in [2.24, 2.45) is 5.41 Å². The minimum Gasteiger partial charge on any atom is -0.207 e. The molecule has 0 unspecified atom stereocenters. The van der Waals surface area contributed by atoms with Crippen LogP contribution in [-0.2, 0) is 6.42 Å². The van der Waals surface area contributed by atoms with E-state index in [9.17, 15) is 9.65 Å². The quantitative estimate of drug-likeness (QED) is 0.706. The molecule has 1 fully saturated rings. The van der Waals surface area contributed by atoms with Crippen LogP contribution in [0, 0.1) is 22.6 Å². The van der Waals surface area contributed by atoms with Crippen molar-refractivity contribution >= 4 is 15.9 Å². The fraction of sp³-hybridized carbons (Fsp3) is 0.533. The highest BCUT2D eigenvalue weighted by Crippen LogP contribution is 2.38. The van der Waals surface area contributed by atoms with Gasteiger partial charge in [-0.15, -0.1) is 0 Å². The van der Waals surface area contributed by atoms with Gasteiger partial charge in [0.15, 0.2) is 0 Å². The zero-order valence-electron chi connectivity index (χ0n) is 10.4. The summed E-state index contributed by atoms with van der Waals surface area (Å²) in [5.74, 6) is -0.197. The molecule has 1 aromatic rings. The standard InChI is InChI=1S/C15H17BrFN/c16-13-5-6-14(17)12(9-13)10-15(11-18)7-3-1-2-4-8-15/h5-6,9H,1-4,7-8,10H2. The zero-order chi connectivity index (χ0) is 13.0. The smallest absolute Gasteiger partial charge is 0.126 e. The second kappa shape index (κ2) is 5.84. The van der Waals surface area contributed by atoms with Crippen LogP contribution >= 0.6 is 15.9 Å². The average molecular weight is 310 g/mol. The first-order valence-corrected chi connectivity index (χ1v) is 7.30. The molecule has 0 aromatic heterocycles. The molecule has 1 nitrogen and oxygen atoms in total. The molecule has 0 atom stereocenters. The lowest BCUT2D eigenvalue weighted by Crippen LogP contribution is -2.21. The van der Waals surface area contributed by atoms with Crippen LogP contribution in [0.4, 0.5) is 4.39 Å². The molecule has 0 saturated heterocycles. The summed E-state index contributed by atoms with van der Waals surface area (Å²) in [7, 11) is 0. The summed E-state index contributed by atoms with van der Waals surface area (Å²) < 4.78 is 14.7. The van der Waals surface area contributed by atoms with Crippen molar-refractivity contribution in [3.8, 4) is 6.07 Å². The van der Waals surface area contributed by atoms with E-state index < -0.39 is 0 Å². The predicted molar refractivity (Wildman–Crippen MR) is 73.6 cm³/mol. The van der Waals surface area contributed by atoms with Gasteiger partial charge >= 0.3 is 0 Å². The second-order valence-corrected chi connectivity index (χ2v) is 6.13. The first kappa shape index (κ1) is 13.5. The van der Waals surface area contributed by atoms with E-state index in [2.05, 4.69) is 22.0 Å². The van der Waals surface area contributed by atoms with Crippen molar-refractivity contribution in [1.82, 2.24) is 0 Å². The minimum absolute atomic E-state index is 0.197. The van der Waals surface area contributed by atoms with Crippen LogP contribution in [0.25, 0.3) is 0 Å². The van der Waals surface area contributed by atoms with Crippen LogP contribution in [0.5, 0.6) is 0 Å². The van der Waals surface area contributed by atoms with Gasteiger partial charge in [-0.25, -0.2) is 4.39 Å². The molecule has 0 aliphatic heterocycles. The Balaban J connectivity index is 2.24. The van der Waals surface area contributed by atoms with E-state index >= 15 is 0 Å². The summed E-state index contributed by atoms with van der Waals surface area (Å²) in [6.07, 6.45) is 6.90. The van der Waals surface area contributed by atoms with Crippen molar-refractivity contribution in [3.63, 3.8) is 0 Å². The van der Waals surface area contributed by atoms with Crippen molar-refractivity contribution in [1.29, 1.82) is 5.26 Å². The zero-order valence-corrected chi connectivity index (χ0v) is 12.0. The number of nitrogens with zero attached hydrogens (tertiary/aromatic N) is 1. The number of rotatable bonds is 2. The molecule has 1 aromatic carbocycles. The number of nitriles is 1. The SMILES string of the molecule is N#CC1(Cc2cc(Br)ccc2F)CCCCCC1. The highest BCUT2D eigenvalue weighted by atomic mass is 79.9. The third kappa shape index (κ3) is 3.11. The van der Waals surface area contributed by atoms with Crippen molar-refractivity contribution in [3.05, 3.63) is 34.1 Å². The maximum Gasteiger partial charge on any atom is 0.126 e. The Morgan fingerprint density at radius 2 is 1.89 bits per heavy atom. The summed E-state index contributed by atoms with van der Waals surface area (Å²) in [6.45, 7) is 0. The summed E-state index contributed by atoms with van der Waals surface area (Å²) in [5, 5.41) is 9.50.